The smallest absolute Gasteiger partial charge is 0.433 e. The van der Waals surface area contributed by atoms with E-state index in [0.29, 0.717) is 11.1 Å². The zero-order valence-electron chi connectivity index (χ0n) is 10.1. The van der Waals surface area contributed by atoms with Crippen LogP contribution < -0.4 is 0 Å². The van der Waals surface area contributed by atoms with Gasteiger partial charge in [-0.1, -0.05) is 12.1 Å². The molecule has 0 unspecified atom stereocenters. The zero-order chi connectivity index (χ0) is 14.9. The summed E-state index contributed by atoms with van der Waals surface area (Å²) in [5.74, 6) is -0.464. The average molecular weight is 349 g/mol. The maximum absolute atomic E-state index is 12.6. The van der Waals surface area contributed by atoms with Crippen molar-refractivity contribution in [3.05, 3.63) is 40.1 Å². The van der Waals surface area contributed by atoms with Crippen LogP contribution >= 0.6 is 15.9 Å². The Balaban J connectivity index is 2.35. The van der Waals surface area contributed by atoms with E-state index in [-0.39, 0.29) is 10.4 Å². The van der Waals surface area contributed by atoms with Crippen LogP contribution in [0.25, 0.3) is 11.4 Å². The summed E-state index contributed by atoms with van der Waals surface area (Å²) in [7, 11) is 1.25. The second-order valence-electron chi connectivity index (χ2n) is 3.82. The lowest BCUT2D eigenvalue weighted by atomic mass is 10.1. The van der Waals surface area contributed by atoms with Gasteiger partial charge in [-0.05, 0) is 28.1 Å². The minimum absolute atomic E-state index is 0.0561. The molecule has 0 spiro atoms. The van der Waals surface area contributed by atoms with Crippen molar-refractivity contribution in [2.24, 2.45) is 0 Å². The fourth-order valence-corrected chi connectivity index (χ4v) is 2.06. The van der Waals surface area contributed by atoms with Crippen molar-refractivity contribution in [1.82, 2.24) is 9.97 Å². The van der Waals surface area contributed by atoms with Gasteiger partial charge in [0.15, 0.2) is 5.69 Å². The predicted molar refractivity (Wildman–Crippen MR) is 68.1 cm³/mol. The predicted octanol–water partition coefficient (Wildman–Crippen LogP) is 3.64. The van der Waals surface area contributed by atoms with Crippen LogP contribution in [0, 0.1) is 0 Å². The summed E-state index contributed by atoms with van der Waals surface area (Å²) >= 11 is 2.76. The molecule has 0 aliphatic carbocycles. The first-order valence-corrected chi connectivity index (χ1v) is 6.13. The molecule has 20 heavy (non-hydrogen) atoms. The van der Waals surface area contributed by atoms with Crippen molar-refractivity contribution in [2.75, 3.05) is 7.11 Å². The van der Waals surface area contributed by atoms with Gasteiger partial charge in [0, 0.05) is 5.56 Å². The molecule has 0 atom stereocenters. The number of carbonyl (C=O) groups is 1. The van der Waals surface area contributed by atoms with Crippen molar-refractivity contribution in [3.8, 4) is 11.4 Å². The van der Waals surface area contributed by atoms with Gasteiger partial charge in [0.05, 0.1) is 12.7 Å². The third-order valence-corrected chi connectivity index (χ3v) is 3.10. The molecule has 0 bridgehead atoms. The number of imidazole rings is 1. The minimum Gasteiger partial charge on any atom is -0.465 e. The molecule has 1 aromatic heterocycles. The average Bonchev–Trinajstić information content (AvgIpc) is 2.80. The van der Waals surface area contributed by atoms with Gasteiger partial charge in [0.25, 0.3) is 0 Å². The quantitative estimate of drug-likeness (QED) is 0.843. The Hall–Kier alpha value is -1.83. The SMILES string of the molecule is COC(=O)c1ccc(-c2nc(Br)c(C(F)(F)F)[nH]2)cc1. The van der Waals surface area contributed by atoms with Crippen molar-refractivity contribution in [3.63, 3.8) is 0 Å². The van der Waals surface area contributed by atoms with Gasteiger partial charge in [-0.3, -0.25) is 0 Å². The highest BCUT2D eigenvalue weighted by Crippen LogP contribution is 2.34. The summed E-state index contributed by atoms with van der Waals surface area (Å²) in [6.45, 7) is 0. The molecule has 0 radical (unpaired) electrons. The number of esters is 1. The first-order valence-electron chi connectivity index (χ1n) is 5.34. The Morgan fingerprint density at radius 3 is 2.35 bits per heavy atom. The van der Waals surface area contributed by atoms with E-state index >= 15 is 0 Å². The number of carbonyl (C=O) groups excluding carboxylic acids is 1. The normalized spacial score (nSPS) is 11.4. The maximum atomic E-state index is 12.6. The number of alkyl halides is 3. The summed E-state index contributed by atoms with van der Waals surface area (Å²) in [6, 6.07) is 5.87. The van der Waals surface area contributed by atoms with Crippen LogP contribution in [0.15, 0.2) is 28.9 Å². The number of aromatic nitrogens is 2. The number of methoxy groups -OCH3 is 1. The molecule has 8 heteroatoms. The minimum atomic E-state index is -4.52. The van der Waals surface area contributed by atoms with E-state index < -0.39 is 17.8 Å². The maximum Gasteiger partial charge on any atom is 0.433 e. The second kappa shape index (κ2) is 5.28. The number of hydrogen-bond acceptors (Lipinski definition) is 3. The topological polar surface area (TPSA) is 55.0 Å². The number of aromatic amines is 1. The Bertz CT molecular complexity index is 635. The van der Waals surface area contributed by atoms with E-state index in [4.69, 9.17) is 0 Å². The molecule has 0 saturated carbocycles. The first-order chi connectivity index (χ1) is 9.32. The number of halogens is 4. The number of ether oxygens (including phenoxy) is 1. The molecule has 1 N–H and O–H groups in total. The molecule has 2 rings (SSSR count). The molecule has 1 aromatic carbocycles. The van der Waals surface area contributed by atoms with Crippen LogP contribution in [0.2, 0.25) is 0 Å². The summed E-state index contributed by atoms with van der Waals surface area (Å²) in [6.07, 6.45) is -4.52. The van der Waals surface area contributed by atoms with E-state index in [9.17, 15) is 18.0 Å². The Labute approximate surface area is 120 Å². The van der Waals surface area contributed by atoms with Crippen molar-refractivity contribution >= 4 is 21.9 Å². The molecule has 0 saturated heterocycles. The van der Waals surface area contributed by atoms with E-state index in [1.807, 2.05) is 0 Å². The van der Waals surface area contributed by atoms with Crippen molar-refractivity contribution < 1.29 is 22.7 Å². The summed E-state index contributed by atoms with van der Waals surface area (Å²) in [4.78, 5) is 17.2. The highest BCUT2D eigenvalue weighted by molar-refractivity contribution is 9.10. The number of nitrogens with one attached hydrogen (secondary N) is 1. The molecule has 2 aromatic rings. The number of hydrogen-bond donors (Lipinski definition) is 1. The van der Waals surface area contributed by atoms with Crippen LogP contribution in [0.1, 0.15) is 16.1 Å². The third-order valence-electron chi connectivity index (χ3n) is 2.52. The highest BCUT2D eigenvalue weighted by Gasteiger charge is 2.36. The van der Waals surface area contributed by atoms with Gasteiger partial charge < -0.3 is 9.72 Å². The molecule has 0 amide bonds. The highest BCUT2D eigenvalue weighted by atomic mass is 79.9. The first kappa shape index (κ1) is 14.6. The molecule has 0 aliphatic rings. The van der Waals surface area contributed by atoms with Gasteiger partial charge in [-0.2, -0.15) is 13.2 Å². The summed E-state index contributed by atoms with van der Waals surface area (Å²) in [5.41, 5.74) is -0.226. The monoisotopic (exact) mass is 348 g/mol. The van der Waals surface area contributed by atoms with E-state index in [1.165, 1.54) is 31.4 Å². The van der Waals surface area contributed by atoms with E-state index in [0.717, 1.165) is 0 Å². The van der Waals surface area contributed by atoms with Crippen LogP contribution in [-0.4, -0.2) is 23.0 Å². The standard InChI is InChI=1S/C12H8BrF3N2O2/c1-20-11(19)7-4-2-6(3-5-7)10-17-8(9(13)18-10)12(14,15)16/h2-5H,1H3,(H,17,18). The Morgan fingerprint density at radius 1 is 1.30 bits per heavy atom. The lowest BCUT2D eigenvalue weighted by molar-refractivity contribution is -0.141. The van der Waals surface area contributed by atoms with Gasteiger partial charge >= 0.3 is 12.1 Å². The largest absolute Gasteiger partial charge is 0.465 e. The molecule has 0 aliphatic heterocycles. The van der Waals surface area contributed by atoms with Gasteiger partial charge in [-0.25, -0.2) is 9.78 Å². The van der Waals surface area contributed by atoms with Crippen molar-refractivity contribution in [2.45, 2.75) is 6.18 Å². The van der Waals surface area contributed by atoms with E-state index in [2.05, 4.69) is 30.6 Å². The fraction of sp³-hybridized carbons (Fsp3) is 0.167. The molecule has 4 nitrogen and oxygen atoms in total. The van der Waals surface area contributed by atoms with Crippen molar-refractivity contribution in [1.29, 1.82) is 0 Å². The van der Waals surface area contributed by atoms with E-state index in [1.54, 1.807) is 0 Å². The molecule has 1 heterocycles. The fourth-order valence-electron chi connectivity index (χ4n) is 1.56. The van der Waals surface area contributed by atoms with Gasteiger partial charge in [0.1, 0.15) is 10.4 Å². The third kappa shape index (κ3) is 2.84. The zero-order valence-corrected chi connectivity index (χ0v) is 11.7. The van der Waals surface area contributed by atoms with Crippen LogP contribution in [0.4, 0.5) is 13.2 Å². The van der Waals surface area contributed by atoms with Crippen LogP contribution in [-0.2, 0) is 10.9 Å². The molecular formula is C12H8BrF3N2O2. The molecule has 106 valence electrons. The number of nitrogens with zero attached hydrogens (tertiary/aromatic N) is 1. The second-order valence-corrected chi connectivity index (χ2v) is 4.57. The molecule has 0 fully saturated rings. The Morgan fingerprint density at radius 2 is 1.90 bits per heavy atom. The number of H-pyrrole nitrogens is 1. The molecular weight excluding hydrogens is 341 g/mol. The number of rotatable bonds is 2. The number of benzene rings is 1. The Kier molecular flexibility index (Phi) is 3.85. The van der Waals surface area contributed by atoms with Gasteiger partial charge in [0.2, 0.25) is 0 Å². The lowest BCUT2D eigenvalue weighted by Gasteiger charge is -2.03. The van der Waals surface area contributed by atoms with Gasteiger partial charge in [-0.15, -0.1) is 0 Å². The summed E-state index contributed by atoms with van der Waals surface area (Å²) in [5, 5.41) is 0. The van der Waals surface area contributed by atoms with Crippen LogP contribution in [0.5, 0.6) is 0 Å². The van der Waals surface area contributed by atoms with Crippen LogP contribution in [0.3, 0.4) is 0 Å². The summed E-state index contributed by atoms with van der Waals surface area (Å²) < 4.78 is 42.1. The lowest BCUT2D eigenvalue weighted by Crippen LogP contribution is -2.06.